The van der Waals surface area contributed by atoms with E-state index in [1.165, 1.54) is 4.90 Å². The van der Waals surface area contributed by atoms with E-state index < -0.39 is 0 Å². The Bertz CT molecular complexity index is 501. The lowest BCUT2D eigenvalue weighted by molar-refractivity contribution is -0.121. The Labute approximate surface area is 112 Å². The van der Waals surface area contributed by atoms with Crippen LogP contribution in [0.1, 0.15) is 10.4 Å². The molecule has 3 N–H and O–H groups in total. The molecule has 0 saturated carbocycles. The van der Waals surface area contributed by atoms with Gasteiger partial charge in [-0.05, 0) is 18.2 Å². The lowest BCUT2D eigenvalue weighted by Gasteiger charge is -2.22. The highest BCUT2D eigenvalue weighted by Gasteiger charge is 2.16. The van der Waals surface area contributed by atoms with Crippen molar-refractivity contribution in [3.05, 3.63) is 23.8 Å². The number of anilines is 2. The molecule has 0 aliphatic carbocycles. The number of likely N-dealkylation sites (N-methyl/N-ethyl adjacent to an activating group) is 2. The molecule has 2 rings (SSSR count). The van der Waals surface area contributed by atoms with E-state index in [0.717, 1.165) is 24.5 Å². The van der Waals surface area contributed by atoms with Crippen LogP contribution in [0.25, 0.3) is 0 Å². The van der Waals surface area contributed by atoms with Crippen LogP contribution in [0.3, 0.4) is 0 Å². The van der Waals surface area contributed by atoms with Gasteiger partial charge in [0.2, 0.25) is 5.91 Å². The number of benzene rings is 1. The van der Waals surface area contributed by atoms with Crippen LogP contribution in [0.2, 0.25) is 0 Å². The van der Waals surface area contributed by atoms with Gasteiger partial charge in [-0.1, -0.05) is 0 Å². The lowest BCUT2D eigenvalue weighted by Crippen LogP contribution is -2.37. The molecule has 2 amide bonds. The maximum atomic E-state index is 12.2. The second-order valence-corrected chi connectivity index (χ2v) is 4.45. The zero-order valence-electron chi connectivity index (χ0n) is 11.1. The molecule has 6 heteroatoms. The van der Waals surface area contributed by atoms with Crippen molar-refractivity contribution in [2.24, 2.45) is 0 Å². The fourth-order valence-electron chi connectivity index (χ4n) is 1.96. The van der Waals surface area contributed by atoms with Gasteiger partial charge in [0, 0.05) is 32.7 Å². The summed E-state index contributed by atoms with van der Waals surface area (Å²) in [5.74, 6) is -0.354. The highest BCUT2D eigenvalue weighted by atomic mass is 16.2. The monoisotopic (exact) mass is 262 g/mol. The summed E-state index contributed by atoms with van der Waals surface area (Å²) < 4.78 is 0. The molecule has 0 aromatic heterocycles. The Morgan fingerprint density at radius 2 is 1.95 bits per heavy atom. The van der Waals surface area contributed by atoms with Gasteiger partial charge in [0.05, 0.1) is 17.9 Å². The highest BCUT2D eigenvalue weighted by molar-refractivity contribution is 5.98. The van der Waals surface area contributed by atoms with Crippen LogP contribution in [0.4, 0.5) is 11.4 Å². The Balaban J connectivity index is 2.12. The SMILES string of the molecule is CNC(=O)CN(C)C(=O)c1ccc2c(c1)NCCN2. The van der Waals surface area contributed by atoms with Gasteiger partial charge in [-0.25, -0.2) is 0 Å². The zero-order chi connectivity index (χ0) is 13.8. The quantitative estimate of drug-likeness (QED) is 0.734. The summed E-state index contributed by atoms with van der Waals surface area (Å²) in [5.41, 5.74) is 2.49. The van der Waals surface area contributed by atoms with Gasteiger partial charge in [0.25, 0.3) is 5.91 Å². The number of carbonyl (C=O) groups is 2. The first kappa shape index (κ1) is 13.2. The fourth-order valence-corrected chi connectivity index (χ4v) is 1.96. The van der Waals surface area contributed by atoms with Crippen LogP contribution in [0, 0.1) is 0 Å². The third kappa shape index (κ3) is 2.96. The van der Waals surface area contributed by atoms with E-state index in [9.17, 15) is 9.59 Å². The van der Waals surface area contributed by atoms with E-state index in [4.69, 9.17) is 0 Å². The molecule has 1 aliphatic heterocycles. The summed E-state index contributed by atoms with van der Waals surface area (Å²) in [6.07, 6.45) is 0. The van der Waals surface area contributed by atoms with Crippen molar-refractivity contribution < 1.29 is 9.59 Å². The summed E-state index contributed by atoms with van der Waals surface area (Å²) in [6.45, 7) is 1.76. The second kappa shape index (κ2) is 5.60. The minimum absolute atomic E-state index is 0.0537. The first-order chi connectivity index (χ1) is 9.11. The number of amides is 2. The van der Waals surface area contributed by atoms with Gasteiger partial charge in [0.15, 0.2) is 0 Å². The van der Waals surface area contributed by atoms with E-state index >= 15 is 0 Å². The van der Waals surface area contributed by atoms with Gasteiger partial charge in [0.1, 0.15) is 0 Å². The third-order valence-corrected chi connectivity index (χ3v) is 3.03. The predicted molar refractivity (Wildman–Crippen MR) is 74.4 cm³/mol. The number of fused-ring (bicyclic) bond motifs is 1. The molecule has 0 saturated heterocycles. The average Bonchev–Trinajstić information content (AvgIpc) is 2.45. The van der Waals surface area contributed by atoms with Crippen LogP contribution in [0.15, 0.2) is 18.2 Å². The summed E-state index contributed by atoms with van der Waals surface area (Å²) in [4.78, 5) is 24.8. The topological polar surface area (TPSA) is 73.5 Å². The normalized spacial score (nSPS) is 12.7. The van der Waals surface area contributed by atoms with Gasteiger partial charge >= 0.3 is 0 Å². The van der Waals surface area contributed by atoms with Crippen LogP contribution in [-0.4, -0.2) is 50.4 Å². The second-order valence-electron chi connectivity index (χ2n) is 4.45. The molecule has 1 heterocycles. The van der Waals surface area contributed by atoms with Crippen LogP contribution in [0.5, 0.6) is 0 Å². The highest BCUT2D eigenvalue weighted by Crippen LogP contribution is 2.25. The smallest absolute Gasteiger partial charge is 0.254 e. The largest absolute Gasteiger partial charge is 0.382 e. The average molecular weight is 262 g/mol. The Morgan fingerprint density at radius 1 is 1.26 bits per heavy atom. The molecule has 1 aromatic carbocycles. The van der Waals surface area contributed by atoms with Gasteiger partial charge in [-0.3, -0.25) is 9.59 Å². The molecular weight excluding hydrogens is 244 g/mol. The van der Waals surface area contributed by atoms with Crippen molar-refractivity contribution in [3.63, 3.8) is 0 Å². The number of nitrogens with one attached hydrogen (secondary N) is 3. The molecular formula is C13H18N4O2. The summed E-state index contributed by atoms with van der Waals surface area (Å²) >= 11 is 0. The zero-order valence-corrected chi connectivity index (χ0v) is 11.1. The summed E-state index contributed by atoms with van der Waals surface area (Å²) in [6, 6.07) is 5.45. The van der Waals surface area contributed by atoms with Gasteiger partial charge < -0.3 is 20.9 Å². The van der Waals surface area contributed by atoms with Crippen molar-refractivity contribution in [1.29, 1.82) is 0 Å². The number of nitrogens with zero attached hydrogens (tertiary/aromatic N) is 1. The number of hydrogen-bond acceptors (Lipinski definition) is 4. The van der Waals surface area contributed by atoms with E-state index in [1.54, 1.807) is 20.2 Å². The van der Waals surface area contributed by atoms with Crippen molar-refractivity contribution in [1.82, 2.24) is 10.2 Å². The number of rotatable bonds is 3. The van der Waals surface area contributed by atoms with Crippen LogP contribution < -0.4 is 16.0 Å². The van der Waals surface area contributed by atoms with Crippen molar-refractivity contribution in [2.45, 2.75) is 0 Å². The number of carbonyl (C=O) groups excluding carboxylic acids is 2. The molecule has 0 unspecified atom stereocenters. The van der Waals surface area contributed by atoms with E-state index in [0.29, 0.717) is 5.56 Å². The summed E-state index contributed by atoms with van der Waals surface area (Å²) in [5, 5.41) is 8.98. The molecule has 0 radical (unpaired) electrons. The molecule has 19 heavy (non-hydrogen) atoms. The summed E-state index contributed by atoms with van der Waals surface area (Å²) in [7, 11) is 3.16. The first-order valence-electron chi connectivity index (χ1n) is 6.19. The lowest BCUT2D eigenvalue weighted by atomic mass is 10.1. The minimum atomic E-state index is -0.186. The van der Waals surface area contributed by atoms with Crippen molar-refractivity contribution in [3.8, 4) is 0 Å². The van der Waals surface area contributed by atoms with E-state index in [1.807, 2.05) is 12.1 Å². The Kier molecular flexibility index (Phi) is 3.89. The molecule has 6 nitrogen and oxygen atoms in total. The predicted octanol–water partition coefficient (Wildman–Crippen LogP) is 0.342. The number of hydrogen-bond donors (Lipinski definition) is 3. The molecule has 1 aliphatic rings. The van der Waals surface area contributed by atoms with Gasteiger partial charge in [-0.2, -0.15) is 0 Å². The molecule has 102 valence electrons. The van der Waals surface area contributed by atoms with Crippen molar-refractivity contribution in [2.75, 3.05) is 44.4 Å². The van der Waals surface area contributed by atoms with E-state index in [-0.39, 0.29) is 18.4 Å². The first-order valence-corrected chi connectivity index (χ1v) is 6.19. The fraction of sp³-hybridized carbons (Fsp3) is 0.385. The Morgan fingerprint density at radius 3 is 2.63 bits per heavy atom. The molecule has 0 bridgehead atoms. The van der Waals surface area contributed by atoms with Gasteiger partial charge in [-0.15, -0.1) is 0 Å². The maximum Gasteiger partial charge on any atom is 0.254 e. The van der Waals surface area contributed by atoms with Crippen LogP contribution in [-0.2, 0) is 4.79 Å². The van der Waals surface area contributed by atoms with E-state index in [2.05, 4.69) is 16.0 Å². The van der Waals surface area contributed by atoms with Crippen LogP contribution >= 0.6 is 0 Å². The molecule has 0 fully saturated rings. The van der Waals surface area contributed by atoms with Crippen molar-refractivity contribution >= 4 is 23.2 Å². The molecule has 1 aromatic rings. The molecule has 0 spiro atoms. The maximum absolute atomic E-state index is 12.2. The minimum Gasteiger partial charge on any atom is -0.382 e. The Hall–Kier alpha value is -2.24. The third-order valence-electron chi connectivity index (χ3n) is 3.03. The molecule has 0 atom stereocenters. The standard InChI is InChI=1S/C13H18N4O2/c1-14-12(18)8-17(2)13(19)9-3-4-10-11(7-9)16-6-5-15-10/h3-4,7,15-16H,5-6,8H2,1-2H3,(H,14,18).